The van der Waals surface area contributed by atoms with Crippen LogP contribution in [0, 0.1) is 27.7 Å². The van der Waals surface area contributed by atoms with Crippen molar-refractivity contribution in [3.8, 4) is 0 Å². The molecule has 0 heterocycles. The van der Waals surface area contributed by atoms with Gasteiger partial charge in [-0.1, -0.05) is 40.8 Å². The number of hydrogen-bond donors (Lipinski definition) is 0. The summed E-state index contributed by atoms with van der Waals surface area (Å²) in [7, 11) is 0.750. The first-order chi connectivity index (χ1) is 5.54. The predicted molar refractivity (Wildman–Crippen MR) is 59.9 cm³/mol. The quantitative estimate of drug-likeness (QED) is 0.472. The monoisotopic (exact) mass is 228 g/mol. The van der Waals surface area contributed by atoms with Crippen LogP contribution in [-0.2, 0) is 21.7 Å². The average molecular weight is 228 g/mol. The van der Waals surface area contributed by atoms with Gasteiger partial charge in [0.1, 0.15) is 0 Å². The summed E-state index contributed by atoms with van der Waals surface area (Å²) >= 11 is 0. The third kappa shape index (κ3) is 4.90. The van der Waals surface area contributed by atoms with E-state index in [0.717, 1.165) is 9.52 Å². The molecule has 2 heteroatoms. The molecule has 0 saturated heterocycles. The van der Waals surface area contributed by atoms with Gasteiger partial charge in [0.25, 0.3) is 0 Å². The molecule has 0 unspecified atom stereocenters. The first-order valence-corrected chi connectivity index (χ1v) is 6.79. The van der Waals surface area contributed by atoms with Crippen LogP contribution in [0.25, 0.3) is 0 Å². The van der Waals surface area contributed by atoms with Crippen LogP contribution in [0.1, 0.15) is 22.3 Å². The van der Waals surface area contributed by atoms with E-state index < -0.39 is 0 Å². The van der Waals surface area contributed by atoms with Gasteiger partial charge in [0, 0.05) is 31.2 Å². The fourth-order valence-electron chi connectivity index (χ4n) is 1.13. The van der Waals surface area contributed by atoms with E-state index >= 15 is 0 Å². The van der Waals surface area contributed by atoms with Gasteiger partial charge in [-0.05, 0) is 0 Å². The van der Waals surface area contributed by atoms with E-state index in [1.165, 1.54) is 22.3 Å². The molecule has 0 saturated carbocycles. The van der Waals surface area contributed by atoms with E-state index in [2.05, 4.69) is 46.9 Å². The fourth-order valence-corrected chi connectivity index (χ4v) is 1.13. The Kier molecular flexibility index (Phi) is 9.28. The summed E-state index contributed by atoms with van der Waals surface area (Å²) in [4.78, 5) is 0. The molecule has 0 amide bonds. The second kappa shape index (κ2) is 7.66. The maximum Gasteiger partial charge on any atom is 0.0213 e. The van der Waals surface area contributed by atoms with Crippen molar-refractivity contribution in [1.29, 1.82) is 0 Å². The SMILES string of the molecule is C[SiH]C.Cc1[cH-]c(C)c(C)c1C.[Ti]. The van der Waals surface area contributed by atoms with Gasteiger partial charge in [-0.25, -0.2) is 0 Å². The van der Waals surface area contributed by atoms with E-state index in [-0.39, 0.29) is 21.7 Å². The summed E-state index contributed by atoms with van der Waals surface area (Å²) in [6, 6.07) is 2.24. The Morgan fingerprint density at radius 2 is 1.08 bits per heavy atom. The van der Waals surface area contributed by atoms with Crippen molar-refractivity contribution in [3.63, 3.8) is 0 Å². The molecule has 0 nitrogen and oxygen atoms in total. The van der Waals surface area contributed by atoms with Gasteiger partial charge in [-0.2, -0.15) is 28.3 Å². The third-order valence-corrected chi connectivity index (χ3v) is 2.18. The van der Waals surface area contributed by atoms with Crippen molar-refractivity contribution in [2.24, 2.45) is 0 Å². The maximum atomic E-state index is 2.24. The van der Waals surface area contributed by atoms with E-state index in [4.69, 9.17) is 0 Å². The number of hydrogen-bond acceptors (Lipinski definition) is 0. The normalized spacial score (nSPS) is 8.46. The summed E-state index contributed by atoms with van der Waals surface area (Å²) in [6.45, 7) is 13.1. The Balaban J connectivity index is 0. The molecule has 1 radical (unpaired) electrons. The van der Waals surface area contributed by atoms with Gasteiger partial charge >= 0.3 is 0 Å². The average Bonchev–Trinajstić information content (AvgIpc) is 2.20. The molecule has 0 aliphatic heterocycles. The molecule has 1 rings (SSSR count). The molecule has 0 spiro atoms. The van der Waals surface area contributed by atoms with Crippen LogP contribution < -0.4 is 0 Å². The molecule has 13 heavy (non-hydrogen) atoms. The van der Waals surface area contributed by atoms with Crippen LogP contribution >= 0.6 is 0 Å². The molecule has 1 aromatic rings. The fraction of sp³-hybridized carbons (Fsp3) is 0.545. The van der Waals surface area contributed by atoms with Crippen LogP contribution in [0.4, 0.5) is 0 Å². The number of aryl methyl sites for hydroxylation is 2. The van der Waals surface area contributed by atoms with Crippen molar-refractivity contribution in [2.45, 2.75) is 40.8 Å². The minimum Gasteiger partial charge on any atom is -0.196 e. The summed E-state index contributed by atoms with van der Waals surface area (Å²) in [5, 5.41) is 0. The Bertz CT molecular complexity index is 216. The standard InChI is InChI=1S/C9H13.C2H7Si.Ti/c1-6-5-7(2)9(4)8(6)3;1-3-2;/h5H,1-4H3;3H,1-2H3;/q-1;;. The Hall–Kier alpha value is 0.281. The van der Waals surface area contributed by atoms with Crippen molar-refractivity contribution >= 4 is 9.52 Å². The van der Waals surface area contributed by atoms with Crippen LogP contribution in [-0.4, -0.2) is 9.52 Å². The minimum absolute atomic E-state index is 0. The number of rotatable bonds is 0. The van der Waals surface area contributed by atoms with Crippen molar-refractivity contribution in [3.05, 3.63) is 28.3 Å². The third-order valence-electron chi connectivity index (χ3n) is 2.18. The minimum atomic E-state index is 0. The first kappa shape index (κ1) is 15.7. The van der Waals surface area contributed by atoms with Crippen LogP contribution in [0.15, 0.2) is 6.07 Å². The molecule has 0 aromatic heterocycles. The largest absolute Gasteiger partial charge is 0.196 e. The van der Waals surface area contributed by atoms with Gasteiger partial charge in [-0.3, -0.25) is 0 Å². The van der Waals surface area contributed by atoms with Crippen molar-refractivity contribution in [1.82, 2.24) is 0 Å². The van der Waals surface area contributed by atoms with Gasteiger partial charge in [0.2, 0.25) is 0 Å². The molecule has 1 aromatic carbocycles. The molecule has 73 valence electrons. The summed E-state index contributed by atoms with van der Waals surface area (Å²) < 4.78 is 0. The van der Waals surface area contributed by atoms with Crippen molar-refractivity contribution < 1.29 is 21.7 Å². The van der Waals surface area contributed by atoms with E-state index in [1.54, 1.807) is 0 Å². The van der Waals surface area contributed by atoms with Gasteiger partial charge < -0.3 is 0 Å². The summed E-state index contributed by atoms with van der Waals surface area (Å²) in [5.41, 5.74) is 5.75. The van der Waals surface area contributed by atoms with Crippen LogP contribution in [0.3, 0.4) is 0 Å². The van der Waals surface area contributed by atoms with E-state index in [0.29, 0.717) is 0 Å². The zero-order valence-electron chi connectivity index (χ0n) is 9.65. The molecule has 0 aliphatic rings. The van der Waals surface area contributed by atoms with Crippen LogP contribution in [0.5, 0.6) is 0 Å². The molecular formula is C11H20SiTi-. The summed E-state index contributed by atoms with van der Waals surface area (Å²) in [5.74, 6) is 0. The Labute approximate surface area is 100 Å². The second-order valence-electron chi connectivity index (χ2n) is 3.34. The Morgan fingerprint density at radius 1 is 0.846 bits per heavy atom. The van der Waals surface area contributed by atoms with E-state index in [1.807, 2.05) is 0 Å². The topological polar surface area (TPSA) is 0 Å². The van der Waals surface area contributed by atoms with Gasteiger partial charge in [0.15, 0.2) is 0 Å². The van der Waals surface area contributed by atoms with Gasteiger partial charge in [-0.15, -0.1) is 0 Å². The molecule has 0 aliphatic carbocycles. The second-order valence-corrected chi connectivity index (χ2v) is 4.49. The van der Waals surface area contributed by atoms with E-state index in [9.17, 15) is 0 Å². The molecule has 0 atom stereocenters. The smallest absolute Gasteiger partial charge is 0.0213 e. The summed E-state index contributed by atoms with van der Waals surface area (Å²) in [6.07, 6.45) is 0. The Morgan fingerprint density at radius 3 is 1.15 bits per heavy atom. The zero-order chi connectivity index (χ0) is 9.72. The molecule has 0 fully saturated rings. The molecule has 0 N–H and O–H groups in total. The van der Waals surface area contributed by atoms with Crippen molar-refractivity contribution in [2.75, 3.05) is 0 Å². The molecule has 0 bridgehead atoms. The maximum absolute atomic E-state index is 2.24. The van der Waals surface area contributed by atoms with Gasteiger partial charge in [0.05, 0.1) is 0 Å². The zero-order valence-corrected chi connectivity index (χ0v) is 12.4. The molecular weight excluding hydrogens is 208 g/mol. The first-order valence-electron chi connectivity index (χ1n) is 4.48. The predicted octanol–water partition coefficient (Wildman–Crippen LogP) is 3.16. The van der Waals surface area contributed by atoms with Crippen LogP contribution in [0.2, 0.25) is 13.1 Å².